The fourth-order valence-corrected chi connectivity index (χ4v) is 4.52. The van der Waals surface area contributed by atoms with E-state index in [-0.39, 0.29) is 43.0 Å². The van der Waals surface area contributed by atoms with Gasteiger partial charge in [-0.3, -0.25) is 4.79 Å². The van der Waals surface area contributed by atoms with E-state index >= 15 is 0 Å². The zero-order valence-electron chi connectivity index (χ0n) is 14.9. The lowest BCUT2D eigenvalue weighted by Gasteiger charge is -2.51. The first kappa shape index (κ1) is 16.6. The minimum atomic E-state index is -0.277. The summed E-state index contributed by atoms with van der Waals surface area (Å²) in [5.74, 6) is 1.35. The third-order valence-electron chi connectivity index (χ3n) is 5.71. The van der Waals surface area contributed by atoms with Gasteiger partial charge in [0.1, 0.15) is 12.2 Å². The van der Waals surface area contributed by atoms with Gasteiger partial charge < -0.3 is 28.6 Å². The van der Waals surface area contributed by atoms with Crippen molar-refractivity contribution in [2.45, 2.75) is 36.7 Å². The van der Waals surface area contributed by atoms with Gasteiger partial charge in [0.15, 0.2) is 11.5 Å². The molecule has 25 heavy (non-hydrogen) atoms. The molecule has 0 unspecified atom stereocenters. The van der Waals surface area contributed by atoms with Crippen LogP contribution in [0, 0.1) is 0 Å². The van der Waals surface area contributed by atoms with E-state index in [2.05, 4.69) is 0 Å². The number of hydrogen-bond donors (Lipinski definition) is 0. The summed E-state index contributed by atoms with van der Waals surface area (Å²) in [6.07, 6.45) is 0.114. The SMILES string of the molecule is CO[C@@H]1[C@H](OC)[C@@H](OC)C[C@@H]2c3cc4c(cc3C(=O)N(C)[C@@H]12)OCO4. The van der Waals surface area contributed by atoms with Crippen LogP contribution in [0.3, 0.4) is 0 Å². The Morgan fingerprint density at radius 1 is 1.04 bits per heavy atom. The molecular formula is C18H23NO6. The summed E-state index contributed by atoms with van der Waals surface area (Å²) in [4.78, 5) is 14.7. The van der Waals surface area contributed by atoms with E-state index in [1.807, 2.05) is 13.1 Å². The van der Waals surface area contributed by atoms with Crippen LogP contribution >= 0.6 is 0 Å². The molecule has 1 aliphatic carbocycles. The van der Waals surface area contributed by atoms with Crippen LogP contribution in [-0.4, -0.2) is 70.3 Å². The van der Waals surface area contributed by atoms with Gasteiger partial charge in [0.2, 0.25) is 6.79 Å². The van der Waals surface area contributed by atoms with Crippen molar-refractivity contribution in [3.05, 3.63) is 23.3 Å². The molecule has 0 bridgehead atoms. The van der Waals surface area contributed by atoms with Gasteiger partial charge in [-0.25, -0.2) is 0 Å². The number of likely N-dealkylation sites (N-methyl/N-ethyl adjacent to an activating group) is 1. The molecule has 1 saturated carbocycles. The van der Waals surface area contributed by atoms with Gasteiger partial charge >= 0.3 is 0 Å². The van der Waals surface area contributed by atoms with Crippen molar-refractivity contribution in [1.29, 1.82) is 0 Å². The second-order valence-electron chi connectivity index (χ2n) is 6.72. The van der Waals surface area contributed by atoms with E-state index in [4.69, 9.17) is 23.7 Å². The number of amides is 1. The molecule has 2 aliphatic heterocycles. The number of rotatable bonds is 3. The number of benzene rings is 1. The van der Waals surface area contributed by atoms with Crippen LogP contribution in [0.2, 0.25) is 0 Å². The van der Waals surface area contributed by atoms with Gasteiger partial charge in [0, 0.05) is 39.9 Å². The summed E-state index contributed by atoms with van der Waals surface area (Å²) >= 11 is 0. The van der Waals surface area contributed by atoms with Gasteiger partial charge in [-0.05, 0) is 24.1 Å². The van der Waals surface area contributed by atoms with Crippen LogP contribution in [0.4, 0.5) is 0 Å². The highest BCUT2D eigenvalue weighted by molar-refractivity contribution is 5.98. The summed E-state index contributed by atoms with van der Waals surface area (Å²) in [6.45, 7) is 0.184. The Bertz CT molecular complexity index is 692. The number of carbonyl (C=O) groups is 1. The van der Waals surface area contributed by atoms with Crippen molar-refractivity contribution >= 4 is 5.91 Å². The average molecular weight is 349 g/mol. The highest BCUT2D eigenvalue weighted by atomic mass is 16.7. The van der Waals surface area contributed by atoms with E-state index in [0.717, 1.165) is 12.0 Å². The Hall–Kier alpha value is -1.83. The van der Waals surface area contributed by atoms with Crippen molar-refractivity contribution in [3.8, 4) is 11.5 Å². The molecule has 7 nitrogen and oxygen atoms in total. The fourth-order valence-electron chi connectivity index (χ4n) is 4.52. The maximum Gasteiger partial charge on any atom is 0.254 e. The normalized spacial score (nSPS) is 33.2. The number of methoxy groups -OCH3 is 3. The van der Waals surface area contributed by atoms with Crippen LogP contribution in [0.5, 0.6) is 11.5 Å². The van der Waals surface area contributed by atoms with Gasteiger partial charge in [0.25, 0.3) is 5.91 Å². The number of fused-ring (bicyclic) bond motifs is 4. The third-order valence-corrected chi connectivity index (χ3v) is 5.71. The molecular weight excluding hydrogens is 326 g/mol. The predicted octanol–water partition coefficient (Wildman–Crippen LogP) is 1.40. The number of nitrogens with zero attached hydrogens (tertiary/aromatic N) is 1. The minimum absolute atomic E-state index is 0.0395. The van der Waals surface area contributed by atoms with E-state index in [9.17, 15) is 4.79 Å². The predicted molar refractivity (Wildman–Crippen MR) is 88.2 cm³/mol. The molecule has 1 amide bonds. The Morgan fingerprint density at radius 3 is 2.36 bits per heavy atom. The first-order chi connectivity index (χ1) is 12.1. The van der Waals surface area contributed by atoms with Crippen LogP contribution in [0.25, 0.3) is 0 Å². The van der Waals surface area contributed by atoms with Gasteiger partial charge in [-0.1, -0.05) is 0 Å². The first-order valence-electron chi connectivity index (χ1n) is 8.39. The lowest BCUT2D eigenvalue weighted by Crippen LogP contribution is -2.62. The van der Waals surface area contributed by atoms with Crippen LogP contribution in [-0.2, 0) is 14.2 Å². The molecule has 7 heteroatoms. The second kappa shape index (κ2) is 6.16. The van der Waals surface area contributed by atoms with Crippen molar-refractivity contribution < 1.29 is 28.5 Å². The Kier molecular flexibility index (Phi) is 4.10. The monoisotopic (exact) mass is 349 g/mol. The summed E-state index contributed by atoms with van der Waals surface area (Å²) in [7, 11) is 6.81. The maximum absolute atomic E-state index is 13.0. The molecule has 0 saturated heterocycles. The standard InChI is InChI=1S/C18H23NO6/c1-19-15-10(6-14(21-2)16(22-3)17(15)23-4)9-5-12-13(25-8-24-12)7-11(9)18(19)20/h5,7,10,14-17H,6,8H2,1-4H3/t10-,14+,15-,16-,17+/m1/s1. The molecule has 1 aromatic carbocycles. The smallest absolute Gasteiger partial charge is 0.254 e. The molecule has 1 aromatic rings. The van der Waals surface area contributed by atoms with E-state index in [1.165, 1.54) is 0 Å². The van der Waals surface area contributed by atoms with Gasteiger partial charge in [0.05, 0.1) is 12.1 Å². The average Bonchev–Trinajstić information content (AvgIpc) is 3.10. The van der Waals surface area contributed by atoms with Crippen molar-refractivity contribution in [2.75, 3.05) is 35.2 Å². The highest BCUT2D eigenvalue weighted by Crippen LogP contribution is 2.47. The minimum Gasteiger partial charge on any atom is -0.454 e. The Balaban J connectivity index is 1.83. The molecule has 2 heterocycles. The molecule has 0 N–H and O–H groups in total. The van der Waals surface area contributed by atoms with E-state index in [0.29, 0.717) is 17.1 Å². The largest absolute Gasteiger partial charge is 0.454 e. The summed E-state index contributed by atoms with van der Waals surface area (Å²) < 4.78 is 28.1. The zero-order valence-corrected chi connectivity index (χ0v) is 14.9. The topological polar surface area (TPSA) is 66.5 Å². The van der Waals surface area contributed by atoms with Gasteiger partial charge in [-0.2, -0.15) is 0 Å². The second-order valence-corrected chi connectivity index (χ2v) is 6.72. The van der Waals surface area contributed by atoms with Crippen LogP contribution in [0.1, 0.15) is 28.3 Å². The third kappa shape index (κ3) is 2.33. The molecule has 136 valence electrons. The summed E-state index contributed by atoms with van der Waals surface area (Å²) in [5, 5.41) is 0. The summed E-state index contributed by atoms with van der Waals surface area (Å²) in [6, 6.07) is 3.60. The van der Waals surface area contributed by atoms with E-state index in [1.54, 1.807) is 32.3 Å². The quantitative estimate of drug-likeness (QED) is 0.822. The number of ether oxygens (including phenoxy) is 5. The molecule has 3 aliphatic rings. The van der Waals surface area contributed by atoms with Crippen LogP contribution in [0.15, 0.2) is 12.1 Å². The van der Waals surface area contributed by atoms with Crippen molar-refractivity contribution in [1.82, 2.24) is 4.90 Å². The highest BCUT2D eigenvalue weighted by Gasteiger charge is 2.52. The molecule has 0 radical (unpaired) electrons. The Labute approximate surface area is 146 Å². The van der Waals surface area contributed by atoms with Crippen molar-refractivity contribution in [3.63, 3.8) is 0 Å². The number of hydrogen-bond acceptors (Lipinski definition) is 6. The molecule has 0 spiro atoms. The zero-order chi connectivity index (χ0) is 17.7. The molecule has 4 rings (SSSR count). The number of carbonyl (C=O) groups excluding carboxylic acids is 1. The lowest BCUT2D eigenvalue weighted by atomic mass is 9.71. The lowest BCUT2D eigenvalue weighted by molar-refractivity contribution is -0.156. The maximum atomic E-state index is 13.0. The summed E-state index contributed by atoms with van der Waals surface area (Å²) in [5.41, 5.74) is 1.63. The first-order valence-corrected chi connectivity index (χ1v) is 8.39. The van der Waals surface area contributed by atoms with Gasteiger partial charge in [-0.15, -0.1) is 0 Å². The molecule has 0 aromatic heterocycles. The fraction of sp³-hybridized carbons (Fsp3) is 0.611. The Morgan fingerprint density at radius 2 is 1.72 bits per heavy atom. The molecule has 1 fully saturated rings. The van der Waals surface area contributed by atoms with E-state index < -0.39 is 0 Å². The van der Waals surface area contributed by atoms with Crippen LogP contribution < -0.4 is 9.47 Å². The van der Waals surface area contributed by atoms with Crippen molar-refractivity contribution in [2.24, 2.45) is 0 Å². The molecule has 5 atom stereocenters.